The Morgan fingerprint density at radius 3 is 2.76 bits per heavy atom. The zero-order chi connectivity index (χ0) is 12.7. The van der Waals surface area contributed by atoms with Crippen LogP contribution < -0.4 is 10.2 Å². The van der Waals surface area contributed by atoms with Crippen LogP contribution in [0.5, 0.6) is 0 Å². The van der Waals surface area contributed by atoms with Crippen LogP contribution in [0.15, 0.2) is 22.7 Å². The molecule has 96 valence electrons. The molecule has 0 aliphatic heterocycles. The summed E-state index contributed by atoms with van der Waals surface area (Å²) in [4.78, 5) is 2.24. The number of anilines is 1. The van der Waals surface area contributed by atoms with Gasteiger partial charge in [-0.15, -0.1) is 0 Å². The summed E-state index contributed by atoms with van der Waals surface area (Å²) in [7, 11) is 5.80. The molecule has 0 radical (unpaired) electrons. The second-order valence-electron chi connectivity index (χ2n) is 4.08. The van der Waals surface area contributed by atoms with Crippen molar-refractivity contribution in [3.8, 4) is 0 Å². The molecule has 3 nitrogen and oxygen atoms in total. The summed E-state index contributed by atoms with van der Waals surface area (Å²) in [5, 5.41) is 3.15. The Labute approximate surface area is 112 Å². The SMILES string of the molecule is CNCc1ccc(N(C)CCCOC)c(Br)c1. The van der Waals surface area contributed by atoms with Crippen molar-refractivity contribution < 1.29 is 4.74 Å². The van der Waals surface area contributed by atoms with Gasteiger partial charge in [-0.05, 0) is 47.1 Å². The fourth-order valence-electron chi connectivity index (χ4n) is 1.74. The van der Waals surface area contributed by atoms with Gasteiger partial charge in [0.15, 0.2) is 0 Å². The highest BCUT2D eigenvalue weighted by Gasteiger charge is 2.06. The molecule has 0 aliphatic carbocycles. The van der Waals surface area contributed by atoms with Crippen molar-refractivity contribution in [1.82, 2.24) is 5.32 Å². The van der Waals surface area contributed by atoms with Gasteiger partial charge in [-0.2, -0.15) is 0 Å². The summed E-state index contributed by atoms with van der Waals surface area (Å²) < 4.78 is 6.21. The quantitative estimate of drug-likeness (QED) is 0.784. The largest absolute Gasteiger partial charge is 0.385 e. The summed E-state index contributed by atoms with van der Waals surface area (Å²) in [6, 6.07) is 6.48. The minimum absolute atomic E-state index is 0.805. The molecule has 1 N–H and O–H groups in total. The van der Waals surface area contributed by atoms with Crippen molar-refractivity contribution in [2.45, 2.75) is 13.0 Å². The number of nitrogens with zero attached hydrogens (tertiary/aromatic N) is 1. The van der Waals surface area contributed by atoms with Crippen molar-refractivity contribution in [1.29, 1.82) is 0 Å². The lowest BCUT2D eigenvalue weighted by atomic mass is 10.2. The molecule has 0 aromatic heterocycles. The third-order valence-electron chi connectivity index (χ3n) is 2.65. The number of nitrogens with one attached hydrogen (secondary N) is 1. The Morgan fingerprint density at radius 1 is 1.41 bits per heavy atom. The van der Waals surface area contributed by atoms with Gasteiger partial charge in [0.1, 0.15) is 0 Å². The number of halogens is 1. The van der Waals surface area contributed by atoms with Crippen molar-refractivity contribution in [3.05, 3.63) is 28.2 Å². The molecule has 0 unspecified atom stereocenters. The van der Waals surface area contributed by atoms with E-state index >= 15 is 0 Å². The predicted molar refractivity (Wildman–Crippen MR) is 76.7 cm³/mol. The third-order valence-corrected chi connectivity index (χ3v) is 3.28. The second-order valence-corrected chi connectivity index (χ2v) is 4.94. The van der Waals surface area contributed by atoms with E-state index in [1.54, 1.807) is 7.11 Å². The molecule has 0 aliphatic rings. The van der Waals surface area contributed by atoms with E-state index in [4.69, 9.17) is 4.74 Å². The van der Waals surface area contributed by atoms with Crippen molar-refractivity contribution >= 4 is 21.6 Å². The van der Waals surface area contributed by atoms with Gasteiger partial charge in [0.25, 0.3) is 0 Å². The highest BCUT2D eigenvalue weighted by atomic mass is 79.9. The Balaban J connectivity index is 2.63. The van der Waals surface area contributed by atoms with Crippen LogP contribution in [-0.2, 0) is 11.3 Å². The Morgan fingerprint density at radius 2 is 2.18 bits per heavy atom. The normalized spacial score (nSPS) is 10.6. The summed E-state index contributed by atoms with van der Waals surface area (Å²) in [6.07, 6.45) is 1.04. The minimum atomic E-state index is 0.805. The number of rotatable bonds is 7. The maximum absolute atomic E-state index is 5.06. The molecular weight excluding hydrogens is 280 g/mol. The summed E-state index contributed by atoms with van der Waals surface area (Å²) in [5.74, 6) is 0. The van der Waals surface area contributed by atoms with Gasteiger partial charge in [0.05, 0.1) is 5.69 Å². The molecule has 1 aromatic rings. The highest BCUT2D eigenvalue weighted by molar-refractivity contribution is 9.10. The van der Waals surface area contributed by atoms with Gasteiger partial charge in [-0.25, -0.2) is 0 Å². The smallest absolute Gasteiger partial charge is 0.0508 e. The minimum Gasteiger partial charge on any atom is -0.385 e. The summed E-state index contributed by atoms with van der Waals surface area (Å²) in [5.41, 5.74) is 2.51. The molecule has 0 saturated carbocycles. The molecule has 0 spiro atoms. The first-order valence-corrected chi connectivity index (χ1v) is 6.61. The average molecular weight is 301 g/mol. The van der Waals surface area contributed by atoms with Crippen molar-refractivity contribution in [2.75, 3.05) is 39.3 Å². The van der Waals surface area contributed by atoms with Crippen molar-refractivity contribution in [3.63, 3.8) is 0 Å². The molecule has 0 amide bonds. The molecular formula is C13H21BrN2O. The molecule has 0 heterocycles. The summed E-state index contributed by atoms with van der Waals surface area (Å²) >= 11 is 3.63. The van der Waals surface area contributed by atoms with E-state index < -0.39 is 0 Å². The molecule has 0 atom stereocenters. The van der Waals surface area contributed by atoms with E-state index in [2.05, 4.69) is 51.4 Å². The van der Waals surface area contributed by atoms with Crippen LogP contribution in [0.4, 0.5) is 5.69 Å². The number of benzene rings is 1. The van der Waals surface area contributed by atoms with Crippen LogP contribution in [0.2, 0.25) is 0 Å². The van der Waals surface area contributed by atoms with E-state index in [0.29, 0.717) is 0 Å². The van der Waals surface area contributed by atoms with Crippen LogP contribution >= 0.6 is 15.9 Å². The average Bonchev–Trinajstić information content (AvgIpc) is 2.29. The van der Waals surface area contributed by atoms with Crippen LogP contribution in [0.25, 0.3) is 0 Å². The predicted octanol–water partition coefficient (Wildman–Crippen LogP) is 2.64. The number of hydrogen-bond donors (Lipinski definition) is 1. The number of methoxy groups -OCH3 is 1. The lowest BCUT2D eigenvalue weighted by molar-refractivity contribution is 0.196. The first kappa shape index (κ1) is 14.5. The fourth-order valence-corrected chi connectivity index (χ4v) is 2.47. The van der Waals surface area contributed by atoms with Gasteiger partial charge in [-0.1, -0.05) is 6.07 Å². The van der Waals surface area contributed by atoms with E-state index in [1.165, 1.54) is 11.3 Å². The van der Waals surface area contributed by atoms with Crippen LogP contribution in [0.3, 0.4) is 0 Å². The monoisotopic (exact) mass is 300 g/mol. The molecule has 17 heavy (non-hydrogen) atoms. The Kier molecular flexibility index (Phi) is 6.55. The lowest BCUT2D eigenvalue weighted by Gasteiger charge is -2.21. The van der Waals surface area contributed by atoms with E-state index in [9.17, 15) is 0 Å². The fraction of sp³-hybridized carbons (Fsp3) is 0.538. The summed E-state index contributed by atoms with van der Waals surface area (Å²) in [6.45, 7) is 2.70. The molecule has 0 saturated heterocycles. The lowest BCUT2D eigenvalue weighted by Crippen LogP contribution is -2.20. The zero-order valence-electron chi connectivity index (χ0n) is 10.8. The van der Waals surface area contributed by atoms with E-state index in [0.717, 1.165) is 30.6 Å². The Bertz CT molecular complexity index is 344. The first-order valence-electron chi connectivity index (χ1n) is 5.82. The van der Waals surface area contributed by atoms with E-state index in [-0.39, 0.29) is 0 Å². The first-order chi connectivity index (χ1) is 8.19. The molecule has 1 aromatic carbocycles. The Hall–Kier alpha value is -0.580. The zero-order valence-corrected chi connectivity index (χ0v) is 12.4. The van der Waals surface area contributed by atoms with Crippen LogP contribution in [0.1, 0.15) is 12.0 Å². The topological polar surface area (TPSA) is 24.5 Å². The van der Waals surface area contributed by atoms with Gasteiger partial charge < -0.3 is 15.0 Å². The molecule has 1 rings (SSSR count). The maximum Gasteiger partial charge on any atom is 0.0508 e. The van der Waals surface area contributed by atoms with Gasteiger partial charge in [-0.3, -0.25) is 0 Å². The van der Waals surface area contributed by atoms with Gasteiger partial charge in [0, 0.05) is 38.3 Å². The molecule has 4 heteroatoms. The third kappa shape index (κ3) is 4.66. The highest BCUT2D eigenvalue weighted by Crippen LogP contribution is 2.26. The van der Waals surface area contributed by atoms with Gasteiger partial charge in [0.2, 0.25) is 0 Å². The standard InChI is InChI=1S/C13H21BrN2O/c1-15-10-11-5-6-13(12(14)9-11)16(2)7-4-8-17-3/h5-6,9,15H,4,7-8,10H2,1-3H3. The second kappa shape index (κ2) is 7.69. The van der Waals surface area contributed by atoms with Crippen LogP contribution in [-0.4, -0.2) is 34.4 Å². The number of ether oxygens (including phenoxy) is 1. The number of hydrogen-bond acceptors (Lipinski definition) is 3. The van der Waals surface area contributed by atoms with E-state index in [1.807, 2.05) is 7.05 Å². The molecule has 0 fully saturated rings. The van der Waals surface area contributed by atoms with Gasteiger partial charge >= 0.3 is 0 Å². The maximum atomic E-state index is 5.06. The molecule has 0 bridgehead atoms. The van der Waals surface area contributed by atoms with Crippen molar-refractivity contribution in [2.24, 2.45) is 0 Å². The van der Waals surface area contributed by atoms with Crippen LogP contribution in [0, 0.1) is 0 Å².